The van der Waals surface area contributed by atoms with Gasteiger partial charge in [-0.25, -0.2) is 0 Å². The highest BCUT2D eigenvalue weighted by Gasteiger charge is 2.08. The van der Waals surface area contributed by atoms with Crippen molar-refractivity contribution in [1.29, 1.82) is 0 Å². The molecule has 0 saturated carbocycles. The van der Waals surface area contributed by atoms with Gasteiger partial charge in [0.1, 0.15) is 0 Å². The van der Waals surface area contributed by atoms with Crippen molar-refractivity contribution in [2.45, 2.75) is 17.0 Å². The van der Waals surface area contributed by atoms with E-state index in [2.05, 4.69) is 25.3 Å². The summed E-state index contributed by atoms with van der Waals surface area (Å²) in [6.45, 7) is 2.78. The number of aromatic nitrogens is 4. The molecule has 100 valence electrons. The Morgan fingerprint density at radius 2 is 1.89 bits per heavy atom. The zero-order chi connectivity index (χ0) is 13.7. The maximum atomic E-state index is 4.42. The molecule has 0 aliphatic heterocycles. The molecule has 0 atom stereocenters. The molecule has 0 fully saturated rings. The van der Waals surface area contributed by atoms with Crippen LogP contribution in [0.3, 0.4) is 0 Å². The third kappa shape index (κ3) is 3.78. The molecule has 0 bridgehead atoms. The quantitative estimate of drug-likeness (QED) is 0.894. The monoisotopic (exact) mass is 276 g/mol. The average molecular weight is 276 g/mol. The zero-order valence-corrected chi connectivity index (χ0v) is 12.0. The molecule has 2 rings (SSSR count). The minimum atomic E-state index is 0.595. The Bertz CT molecular complexity index is 531. The van der Waals surface area contributed by atoms with Gasteiger partial charge in [-0.1, -0.05) is 0 Å². The lowest BCUT2D eigenvalue weighted by molar-refractivity contribution is 0.863. The van der Waals surface area contributed by atoms with Gasteiger partial charge in [0.05, 0.1) is 0 Å². The van der Waals surface area contributed by atoms with Crippen LogP contribution in [0.4, 0.5) is 11.9 Å². The van der Waals surface area contributed by atoms with E-state index in [1.807, 2.05) is 38.1 Å². The van der Waals surface area contributed by atoms with Crippen LogP contribution in [-0.4, -0.2) is 40.6 Å². The molecule has 2 aromatic heterocycles. The number of hydrogen-bond donors (Lipinski definition) is 1. The van der Waals surface area contributed by atoms with Crippen LogP contribution in [0.5, 0.6) is 0 Å². The van der Waals surface area contributed by atoms with E-state index in [1.54, 1.807) is 12.4 Å². The fourth-order valence-corrected chi connectivity index (χ4v) is 2.07. The fraction of sp³-hybridized carbons (Fsp3) is 0.333. The van der Waals surface area contributed by atoms with Gasteiger partial charge in [0.15, 0.2) is 5.16 Å². The second kappa shape index (κ2) is 6.33. The summed E-state index contributed by atoms with van der Waals surface area (Å²) in [5.74, 6) is 1.24. The van der Waals surface area contributed by atoms with Gasteiger partial charge in [-0.3, -0.25) is 4.98 Å². The predicted molar refractivity (Wildman–Crippen MR) is 76.7 cm³/mol. The maximum absolute atomic E-state index is 4.42. The predicted octanol–water partition coefficient (Wildman–Crippen LogP) is 1.92. The highest BCUT2D eigenvalue weighted by Crippen LogP contribution is 2.25. The molecule has 0 unspecified atom stereocenters. The van der Waals surface area contributed by atoms with Gasteiger partial charge in [-0.2, -0.15) is 15.0 Å². The first-order valence-corrected chi connectivity index (χ1v) is 6.76. The van der Waals surface area contributed by atoms with Crippen molar-refractivity contribution in [3.05, 3.63) is 24.5 Å². The summed E-state index contributed by atoms with van der Waals surface area (Å²) in [5.41, 5.74) is 0. The second-order valence-corrected chi connectivity index (χ2v) is 4.99. The highest BCUT2D eigenvalue weighted by molar-refractivity contribution is 7.99. The van der Waals surface area contributed by atoms with Crippen molar-refractivity contribution in [3.8, 4) is 0 Å². The molecule has 7 heteroatoms. The van der Waals surface area contributed by atoms with E-state index < -0.39 is 0 Å². The number of hydrogen-bond acceptors (Lipinski definition) is 7. The van der Waals surface area contributed by atoms with Gasteiger partial charge < -0.3 is 10.2 Å². The molecule has 0 aliphatic rings. The van der Waals surface area contributed by atoms with Crippen LogP contribution in [0.15, 0.2) is 34.6 Å². The fourth-order valence-electron chi connectivity index (χ4n) is 1.34. The van der Waals surface area contributed by atoms with Crippen LogP contribution in [-0.2, 0) is 0 Å². The summed E-state index contributed by atoms with van der Waals surface area (Å²) in [7, 11) is 3.82. The Kier molecular flexibility index (Phi) is 4.51. The molecule has 0 aromatic carbocycles. The van der Waals surface area contributed by atoms with Gasteiger partial charge in [0.2, 0.25) is 11.9 Å². The van der Waals surface area contributed by atoms with Crippen LogP contribution >= 0.6 is 11.8 Å². The topological polar surface area (TPSA) is 66.8 Å². The molecule has 0 amide bonds. The molecule has 0 spiro atoms. The number of anilines is 2. The van der Waals surface area contributed by atoms with Gasteiger partial charge in [0, 0.05) is 37.9 Å². The van der Waals surface area contributed by atoms with Crippen LogP contribution in [0.25, 0.3) is 0 Å². The first kappa shape index (κ1) is 13.5. The Morgan fingerprint density at radius 3 is 2.53 bits per heavy atom. The lowest BCUT2D eigenvalue weighted by atomic mass is 10.5. The van der Waals surface area contributed by atoms with Gasteiger partial charge in [0.25, 0.3) is 0 Å². The summed E-state index contributed by atoms with van der Waals surface area (Å²) >= 11 is 1.49. The molecule has 0 saturated heterocycles. The minimum absolute atomic E-state index is 0.595. The van der Waals surface area contributed by atoms with E-state index in [9.17, 15) is 0 Å². The van der Waals surface area contributed by atoms with Crippen LogP contribution < -0.4 is 10.2 Å². The zero-order valence-electron chi connectivity index (χ0n) is 11.2. The summed E-state index contributed by atoms with van der Waals surface area (Å²) in [6, 6.07) is 3.85. The molecule has 2 heterocycles. The number of rotatable bonds is 5. The molecule has 2 aromatic rings. The standard InChI is InChI=1S/C12H16N6S/c1-4-14-10-15-11(18(2)3)17-12(16-10)19-9-5-7-13-8-6-9/h5-8H,4H2,1-3H3,(H,14,15,16,17). The number of nitrogens with one attached hydrogen (secondary N) is 1. The van der Waals surface area contributed by atoms with Gasteiger partial charge in [-0.05, 0) is 30.8 Å². The number of nitrogens with zero attached hydrogens (tertiary/aromatic N) is 5. The van der Waals surface area contributed by atoms with E-state index in [1.165, 1.54) is 11.8 Å². The van der Waals surface area contributed by atoms with Gasteiger partial charge in [-0.15, -0.1) is 0 Å². The van der Waals surface area contributed by atoms with Crippen LogP contribution in [0, 0.1) is 0 Å². The summed E-state index contributed by atoms with van der Waals surface area (Å²) < 4.78 is 0. The van der Waals surface area contributed by atoms with Crippen molar-refractivity contribution in [2.24, 2.45) is 0 Å². The lowest BCUT2D eigenvalue weighted by Gasteiger charge is -2.12. The first-order valence-electron chi connectivity index (χ1n) is 5.94. The summed E-state index contributed by atoms with van der Waals surface area (Å²) in [4.78, 5) is 20.0. The molecule has 19 heavy (non-hydrogen) atoms. The second-order valence-electron chi connectivity index (χ2n) is 3.95. The Hall–Kier alpha value is -1.89. The Morgan fingerprint density at radius 1 is 1.16 bits per heavy atom. The molecule has 0 aliphatic carbocycles. The smallest absolute Gasteiger partial charge is 0.230 e. The van der Waals surface area contributed by atoms with Crippen molar-refractivity contribution in [1.82, 2.24) is 19.9 Å². The van der Waals surface area contributed by atoms with Crippen LogP contribution in [0.2, 0.25) is 0 Å². The molecular weight excluding hydrogens is 260 g/mol. The van der Waals surface area contributed by atoms with E-state index >= 15 is 0 Å². The van der Waals surface area contributed by atoms with E-state index in [-0.39, 0.29) is 0 Å². The van der Waals surface area contributed by atoms with Crippen molar-refractivity contribution < 1.29 is 0 Å². The largest absolute Gasteiger partial charge is 0.354 e. The molecule has 0 radical (unpaired) electrons. The summed E-state index contributed by atoms with van der Waals surface area (Å²) in [6.07, 6.45) is 3.50. The minimum Gasteiger partial charge on any atom is -0.354 e. The normalized spacial score (nSPS) is 10.3. The van der Waals surface area contributed by atoms with E-state index in [0.717, 1.165) is 11.4 Å². The van der Waals surface area contributed by atoms with Crippen molar-refractivity contribution in [2.75, 3.05) is 30.9 Å². The molecule has 6 nitrogen and oxygen atoms in total. The van der Waals surface area contributed by atoms with Crippen LogP contribution in [0.1, 0.15) is 6.92 Å². The summed E-state index contributed by atoms with van der Waals surface area (Å²) in [5, 5.41) is 3.78. The number of pyridine rings is 1. The lowest BCUT2D eigenvalue weighted by Crippen LogP contribution is -2.15. The third-order valence-electron chi connectivity index (χ3n) is 2.20. The van der Waals surface area contributed by atoms with Gasteiger partial charge >= 0.3 is 0 Å². The molecule has 1 N–H and O–H groups in total. The molecular formula is C12H16N6S. The van der Waals surface area contributed by atoms with E-state index in [4.69, 9.17) is 0 Å². The SMILES string of the molecule is CCNc1nc(Sc2ccncc2)nc(N(C)C)n1. The highest BCUT2D eigenvalue weighted by atomic mass is 32.2. The Labute approximate surface area is 116 Å². The maximum Gasteiger partial charge on any atom is 0.230 e. The average Bonchev–Trinajstić information content (AvgIpc) is 2.40. The van der Waals surface area contributed by atoms with E-state index in [0.29, 0.717) is 17.1 Å². The third-order valence-corrected chi connectivity index (χ3v) is 3.07. The first-order chi connectivity index (χ1) is 9.19. The Balaban J connectivity index is 2.28. The van der Waals surface area contributed by atoms with Crippen molar-refractivity contribution in [3.63, 3.8) is 0 Å². The van der Waals surface area contributed by atoms with Crippen molar-refractivity contribution >= 4 is 23.7 Å².